The molecular weight excluding hydrogens is 322 g/mol. The van der Waals surface area contributed by atoms with Crippen molar-refractivity contribution in [1.82, 2.24) is 4.98 Å². The molecule has 1 heterocycles. The van der Waals surface area contributed by atoms with Crippen molar-refractivity contribution in [3.63, 3.8) is 0 Å². The number of nitrogens with zero attached hydrogens (tertiary/aromatic N) is 1. The van der Waals surface area contributed by atoms with Gasteiger partial charge in [0.1, 0.15) is 5.82 Å². The van der Waals surface area contributed by atoms with E-state index < -0.39 is 5.97 Å². The third kappa shape index (κ3) is 3.27. The van der Waals surface area contributed by atoms with Gasteiger partial charge in [0.15, 0.2) is 0 Å². The minimum absolute atomic E-state index is 0.00901. The molecule has 0 saturated heterocycles. The zero-order chi connectivity index (χ0) is 14.7. The monoisotopic (exact) mass is 335 g/mol. The van der Waals surface area contributed by atoms with E-state index >= 15 is 0 Å². The molecule has 1 aromatic carbocycles. The van der Waals surface area contributed by atoms with Crippen LogP contribution in [0.25, 0.3) is 0 Å². The number of carboxylic acids is 1. The Morgan fingerprint density at radius 1 is 1.45 bits per heavy atom. The van der Waals surface area contributed by atoms with Crippen LogP contribution in [0.15, 0.2) is 41.0 Å². The van der Waals surface area contributed by atoms with E-state index in [0.29, 0.717) is 5.82 Å². The number of carbonyl (C=O) groups is 1. The number of nitrogens with two attached hydrogens (primary N) is 1. The first-order valence-electron chi connectivity index (χ1n) is 5.98. The van der Waals surface area contributed by atoms with E-state index in [0.717, 1.165) is 10.0 Å². The maximum Gasteiger partial charge on any atom is 0.337 e. The average Bonchev–Trinajstić information content (AvgIpc) is 2.40. The van der Waals surface area contributed by atoms with Gasteiger partial charge in [-0.2, -0.15) is 0 Å². The van der Waals surface area contributed by atoms with Gasteiger partial charge in [0, 0.05) is 10.5 Å². The maximum absolute atomic E-state index is 11.0. The molecule has 0 amide bonds. The molecule has 0 spiro atoms. The smallest absolute Gasteiger partial charge is 0.337 e. The van der Waals surface area contributed by atoms with Crippen LogP contribution in [0.3, 0.4) is 0 Å². The lowest BCUT2D eigenvalue weighted by atomic mass is 10.1. The quantitative estimate of drug-likeness (QED) is 0.797. The summed E-state index contributed by atoms with van der Waals surface area (Å²) in [5.41, 5.74) is 6.84. The fourth-order valence-electron chi connectivity index (χ4n) is 1.81. The van der Waals surface area contributed by atoms with E-state index in [1.807, 2.05) is 31.2 Å². The molecule has 0 bridgehead atoms. The first-order chi connectivity index (χ1) is 9.47. The Bertz CT molecular complexity index is 646. The molecule has 4 N–H and O–H groups in total. The van der Waals surface area contributed by atoms with Crippen molar-refractivity contribution in [3.05, 3.63) is 52.1 Å². The Kier molecular flexibility index (Phi) is 4.24. The summed E-state index contributed by atoms with van der Waals surface area (Å²) in [6.07, 6.45) is 1.35. The number of halogens is 1. The SMILES string of the molecule is CC(Nc1cc(C(=O)O)c(N)cn1)c1cccc(Br)c1. The number of hydrogen-bond acceptors (Lipinski definition) is 4. The van der Waals surface area contributed by atoms with Gasteiger partial charge in [-0.3, -0.25) is 0 Å². The van der Waals surface area contributed by atoms with Crippen molar-refractivity contribution in [2.75, 3.05) is 11.1 Å². The van der Waals surface area contributed by atoms with Crippen LogP contribution in [-0.2, 0) is 0 Å². The van der Waals surface area contributed by atoms with Crippen LogP contribution in [0.1, 0.15) is 28.9 Å². The number of anilines is 2. The molecule has 0 aliphatic rings. The van der Waals surface area contributed by atoms with Gasteiger partial charge in [0.25, 0.3) is 0 Å². The van der Waals surface area contributed by atoms with E-state index in [-0.39, 0.29) is 17.3 Å². The second-order valence-electron chi connectivity index (χ2n) is 4.38. The molecular formula is C14H14BrN3O2. The Labute approximate surface area is 125 Å². The molecule has 2 rings (SSSR count). The van der Waals surface area contributed by atoms with Crippen LogP contribution in [0.5, 0.6) is 0 Å². The molecule has 104 valence electrons. The van der Waals surface area contributed by atoms with Gasteiger partial charge >= 0.3 is 5.97 Å². The van der Waals surface area contributed by atoms with Gasteiger partial charge in [-0.25, -0.2) is 9.78 Å². The van der Waals surface area contributed by atoms with Crippen LogP contribution in [0.4, 0.5) is 11.5 Å². The van der Waals surface area contributed by atoms with Gasteiger partial charge in [0.2, 0.25) is 0 Å². The average molecular weight is 336 g/mol. The van der Waals surface area contributed by atoms with E-state index in [2.05, 4.69) is 26.2 Å². The molecule has 1 aromatic heterocycles. The third-order valence-electron chi connectivity index (χ3n) is 2.88. The summed E-state index contributed by atoms with van der Waals surface area (Å²) >= 11 is 3.42. The summed E-state index contributed by atoms with van der Waals surface area (Å²) in [5, 5.41) is 12.2. The number of carboxylic acid groups (broad SMARTS) is 1. The molecule has 0 fully saturated rings. The standard InChI is InChI=1S/C14H14BrN3O2/c1-8(9-3-2-4-10(15)5-9)18-13-6-11(14(19)20)12(16)7-17-13/h2-8H,16H2,1H3,(H,17,18)(H,19,20). The van der Waals surface area contributed by atoms with Crippen molar-refractivity contribution in [1.29, 1.82) is 0 Å². The van der Waals surface area contributed by atoms with Crippen molar-refractivity contribution in [3.8, 4) is 0 Å². The van der Waals surface area contributed by atoms with Gasteiger partial charge < -0.3 is 16.2 Å². The Hall–Kier alpha value is -2.08. The Morgan fingerprint density at radius 2 is 2.20 bits per heavy atom. The van der Waals surface area contributed by atoms with Crippen LogP contribution in [-0.4, -0.2) is 16.1 Å². The van der Waals surface area contributed by atoms with E-state index in [1.54, 1.807) is 0 Å². The lowest BCUT2D eigenvalue weighted by Crippen LogP contribution is -2.10. The minimum atomic E-state index is -1.07. The molecule has 0 aliphatic heterocycles. The van der Waals surface area contributed by atoms with Crippen molar-refractivity contribution in [2.24, 2.45) is 0 Å². The molecule has 1 atom stereocenters. The van der Waals surface area contributed by atoms with Gasteiger partial charge in [-0.05, 0) is 30.7 Å². The van der Waals surface area contributed by atoms with Crippen LogP contribution >= 0.6 is 15.9 Å². The predicted octanol–water partition coefficient (Wildman–Crippen LogP) is 3.30. The molecule has 5 nitrogen and oxygen atoms in total. The van der Waals surface area contributed by atoms with Crippen LogP contribution in [0, 0.1) is 0 Å². The zero-order valence-electron chi connectivity index (χ0n) is 10.8. The fourth-order valence-corrected chi connectivity index (χ4v) is 2.23. The number of nitrogens with one attached hydrogen (secondary N) is 1. The maximum atomic E-state index is 11.0. The van der Waals surface area contributed by atoms with E-state index in [1.165, 1.54) is 12.3 Å². The normalized spacial score (nSPS) is 11.9. The second-order valence-corrected chi connectivity index (χ2v) is 5.30. The summed E-state index contributed by atoms with van der Waals surface area (Å²) in [6.45, 7) is 1.97. The summed E-state index contributed by atoms with van der Waals surface area (Å²) in [5.74, 6) is -0.591. The number of benzene rings is 1. The number of rotatable bonds is 4. The number of aromatic carboxylic acids is 1. The Balaban J connectivity index is 2.22. The van der Waals surface area contributed by atoms with Gasteiger partial charge in [-0.15, -0.1) is 0 Å². The lowest BCUT2D eigenvalue weighted by Gasteiger charge is -2.16. The minimum Gasteiger partial charge on any atom is -0.478 e. The molecule has 0 saturated carbocycles. The van der Waals surface area contributed by atoms with Crippen LogP contribution in [0.2, 0.25) is 0 Å². The number of nitrogen functional groups attached to an aromatic ring is 1. The first kappa shape index (κ1) is 14.3. The largest absolute Gasteiger partial charge is 0.478 e. The second kappa shape index (κ2) is 5.92. The fraction of sp³-hybridized carbons (Fsp3) is 0.143. The number of hydrogen-bond donors (Lipinski definition) is 3. The topological polar surface area (TPSA) is 88.2 Å². The van der Waals surface area contributed by atoms with Crippen LogP contribution < -0.4 is 11.1 Å². The van der Waals surface area contributed by atoms with Crippen molar-refractivity contribution >= 4 is 33.4 Å². The highest BCUT2D eigenvalue weighted by atomic mass is 79.9. The van der Waals surface area contributed by atoms with E-state index in [9.17, 15) is 4.79 Å². The number of aromatic nitrogens is 1. The molecule has 2 aromatic rings. The molecule has 20 heavy (non-hydrogen) atoms. The van der Waals surface area contributed by atoms with Gasteiger partial charge in [0.05, 0.1) is 17.4 Å². The predicted molar refractivity (Wildman–Crippen MR) is 81.8 cm³/mol. The molecule has 6 heteroatoms. The van der Waals surface area contributed by atoms with Gasteiger partial charge in [-0.1, -0.05) is 28.1 Å². The summed E-state index contributed by atoms with van der Waals surface area (Å²) in [6, 6.07) is 9.29. The highest BCUT2D eigenvalue weighted by Crippen LogP contribution is 2.22. The first-order valence-corrected chi connectivity index (χ1v) is 6.77. The third-order valence-corrected chi connectivity index (χ3v) is 3.37. The molecule has 1 unspecified atom stereocenters. The Morgan fingerprint density at radius 3 is 2.85 bits per heavy atom. The lowest BCUT2D eigenvalue weighted by molar-refractivity contribution is 0.0698. The van der Waals surface area contributed by atoms with Crippen molar-refractivity contribution in [2.45, 2.75) is 13.0 Å². The highest BCUT2D eigenvalue weighted by molar-refractivity contribution is 9.10. The zero-order valence-corrected chi connectivity index (χ0v) is 12.4. The highest BCUT2D eigenvalue weighted by Gasteiger charge is 2.12. The molecule has 0 radical (unpaired) electrons. The molecule has 0 aliphatic carbocycles. The summed E-state index contributed by atoms with van der Waals surface area (Å²) in [7, 11) is 0. The van der Waals surface area contributed by atoms with E-state index in [4.69, 9.17) is 10.8 Å². The summed E-state index contributed by atoms with van der Waals surface area (Å²) in [4.78, 5) is 15.1. The number of pyridine rings is 1. The van der Waals surface area contributed by atoms with Crippen molar-refractivity contribution < 1.29 is 9.90 Å². The summed E-state index contributed by atoms with van der Waals surface area (Å²) < 4.78 is 0.986.